The molecular formula is C36H38N2Ti. The average molecular weight is 547 g/mol. The van der Waals surface area contributed by atoms with E-state index >= 15 is 0 Å². The van der Waals surface area contributed by atoms with Gasteiger partial charge in [-0.25, -0.2) is 0 Å². The summed E-state index contributed by atoms with van der Waals surface area (Å²) in [5.74, 6) is 0. The van der Waals surface area contributed by atoms with Crippen LogP contribution in [-0.4, -0.2) is 4.98 Å². The Balaban J connectivity index is 0.000000288. The van der Waals surface area contributed by atoms with Crippen molar-refractivity contribution in [1.82, 2.24) is 4.98 Å². The molecule has 1 heterocycles. The minimum Gasteiger partial charge on any atom is -0.679 e. The van der Waals surface area contributed by atoms with Gasteiger partial charge in [0.2, 0.25) is 0 Å². The van der Waals surface area contributed by atoms with Crippen molar-refractivity contribution in [2.75, 3.05) is 0 Å². The van der Waals surface area contributed by atoms with Crippen LogP contribution in [0.1, 0.15) is 39.1 Å². The van der Waals surface area contributed by atoms with Gasteiger partial charge in [-0.3, -0.25) is 4.98 Å². The summed E-state index contributed by atoms with van der Waals surface area (Å²) in [7, 11) is 0. The maximum atomic E-state index is 4.65. The molecule has 0 unspecified atom stereocenters. The molecule has 5 aromatic rings. The van der Waals surface area contributed by atoms with Crippen LogP contribution in [0.25, 0.3) is 5.32 Å². The molecule has 196 valence electrons. The van der Waals surface area contributed by atoms with Crippen molar-refractivity contribution >= 4 is 5.69 Å². The fourth-order valence-electron chi connectivity index (χ4n) is 3.51. The summed E-state index contributed by atoms with van der Waals surface area (Å²) in [6, 6.07) is 39.9. The largest absolute Gasteiger partial charge is 4.00 e. The average Bonchev–Trinajstić information content (AvgIpc) is 2.91. The van der Waals surface area contributed by atoms with Crippen molar-refractivity contribution in [2.45, 2.75) is 27.3 Å². The Labute approximate surface area is 251 Å². The Kier molecular flexibility index (Phi) is 16.4. The first-order valence-electron chi connectivity index (χ1n) is 12.6. The molecule has 0 fully saturated rings. The van der Waals surface area contributed by atoms with Crippen LogP contribution in [-0.2, 0) is 28.3 Å². The van der Waals surface area contributed by atoms with Gasteiger partial charge in [-0.2, -0.15) is 73.9 Å². The van der Waals surface area contributed by atoms with Crippen molar-refractivity contribution < 1.29 is 21.7 Å². The molecule has 0 aliphatic carbocycles. The second kappa shape index (κ2) is 19.3. The number of benzene rings is 4. The van der Waals surface area contributed by atoms with Crippen LogP contribution in [0.3, 0.4) is 0 Å². The number of aryl methyl sites for hydroxylation is 3. The van der Waals surface area contributed by atoms with Crippen LogP contribution in [0, 0.1) is 41.5 Å². The first-order chi connectivity index (χ1) is 18.3. The number of pyridine rings is 1. The van der Waals surface area contributed by atoms with Gasteiger partial charge in [0.05, 0.1) is 0 Å². The number of hydrogen-bond donors (Lipinski definition) is 0. The van der Waals surface area contributed by atoms with E-state index in [0.29, 0.717) is 6.54 Å². The van der Waals surface area contributed by atoms with Crippen molar-refractivity contribution in [2.24, 2.45) is 0 Å². The summed E-state index contributed by atoms with van der Waals surface area (Å²) in [5, 5.41) is 4.65. The van der Waals surface area contributed by atoms with Gasteiger partial charge in [0, 0.05) is 11.9 Å². The van der Waals surface area contributed by atoms with Crippen LogP contribution in [0.5, 0.6) is 0 Å². The molecule has 2 nitrogen and oxygen atoms in total. The van der Waals surface area contributed by atoms with Gasteiger partial charge < -0.3 is 5.32 Å². The summed E-state index contributed by atoms with van der Waals surface area (Å²) < 4.78 is 0. The second-order valence-electron chi connectivity index (χ2n) is 8.84. The molecule has 0 aliphatic rings. The quantitative estimate of drug-likeness (QED) is 0.163. The molecule has 0 spiro atoms. The molecule has 0 aliphatic heterocycles. The molecule has 0 radical (unpaired) electrons. The Morgan fingerprint density at radius 1 is 0.564 bits per heavy atom. The number of rotatable bonds is 3. The van der Waals surface area contributed by atoms with E-state index in [1.807, 2.05) is 109 Å². The van der Waals surface area contributed by atoms with E-state index in [1.54, 1.807) is 6.20 Å². The first-order valence-corrected chi connectivity index (χ1v) is 12.6. The molecule has 0 atom stereocenters. The third kappa shape index (κ3) is 14.6. The predicted octanol–water partition coefficient (Wildman–Crippen LogP) is 9.82. The van der Waals surface area contributed by atoms with Crippen molar-refractivity contribution in [3.8, 4) is 0 Å². The third-order valence-electron chi connectivity index (χ3n) is 5.29. The number of nitrogens with zero attached hydrogens (tertiary/aromatic N) is 2. The molecule has 4 aromatic carbocycles. The van der Waals surface area contributed by atoms with Crippen LogP contribution in [0.4, 0.5) is 5.69 Å². The van der Waals surface area contributed by atoms with Crippen molar-refractivity contribution in [1.29, 1.82) is 0 Å². The summed E-state index contributed by atoms with van der Waals surface area (Å²) >= 11 is 0. The number of aromatic nitrogens is 1. The predicted molar refractivity (Wildman–Crippen MR) is 164 cm³/mol. The van der Waals surface area contributed by atoms with E-state index < -0.39 is 0 Å². The smallest absolute Gasteiger partial charge is 0.679 e. The molecule has 0 saturated heterocycles. The molecular weight excluding hydrogens is 508 g/mol. The summed E-state index contributed by atoms with van der Waals surface area (Å²) in [6.45, 7) is 18.1. The summed E-state index contributed by atoms with van der Waals surface area (Å²) in [4.78, 5) is 4.28. The molecule has 5 rings (SSSR count). The normalized spacial score (nSPS) is 9.10. The zero-order chi connectivity index (χ0) is 27.6. The summed E-state index contributed by atoms with van der Waals surface area (Å²) in [5.41, 5.74) is 9.08. The van der Waals surface area contributed by atoms with E-state index in [0.717, 1.165) is 28.1 Å². The molecule has 39 heavy (non-hydrogen) atoms. The van der Waals surface area contributed by atoms with E-state index in [1.165, 1.54) is 16.7 Å². The number of hydrogen-bond acceptors (Lipinski definition) is 1. The molecule has 3 heteroatoms. The van der Waals surface area contributed by atoms with E-state index in [9.17, 15) is 0 Å². The Morgan fingerprint density at radius 3 is 1.26 bits per heavy atom. The van der Waals surface area contributed by atoms with Crippen LogP contribution < -0.4 is 0 Å². The van der Waals surface area contributed by atoms with E-state index in [2.05, 4.69) is 64.0 Å². The topological polar surface area (TPSA) is 27.0 Å². The van der Waals surface area contributed by atoms with Gasteiger partial charge in [0.15, 0.2) is 0 Å². The monoisotopic (exact) mass is 546 g/mol. The molecule has 0 N–H and O–H groups in total. The second-order valence-corrected chi connectivity index (χ2v) is 8.84. The maximum absolute atomic E-state index is 4.65. The van der Waals surface area contributed by atoms with Crippen molar-refractivity contribution in [3.63, 3.8) is 0 Å². The molecule has 0 amide bonds. The standard InChI is InChI=1S/C15H17N2.3C7H7.Ti/c1-11-8-12(2)15(13(3)9-11)17-10-14-6-4-5-7-16-14;3*1-7-5-3-2-4-6-7;/h4-9H,10H2,1-3H3;3*2-6H,1H2;/q4*-1;+4. The Morgan fingerprint density at radius 2 is 0.949 bits per heavy atom. The Bertz CT molecular complexity index is 1180. The van der Waals surface area contributed by atoms with Crippen LogP contribution in [0.2, 0.25) is 0 Å². The van der Waals surface area contributed by atoms with E-state index in [-0.39, 0.29) is 21.7 Å². The van der Waals surface area contributed by atoms with Crippen LogP contribution >= 0.6 is 0 Å². The maximum Gasteiger partial charge on any atom is 4.00 e. The molecule has 0 saturated carbocycles. The fourth-order valence-corrected chi connectivity index (χ4v) is 3.51. The molecule has 1 aromatic heterocycles. The SMILES string of the molecule is Cc1cc(C)c([N-]Cc2ccccn2)c(C)c1.[CH2-]c1ccccc1.[CH2-]c1ccccc1.[CH2-]c1ccccc1.[Ti+4]. The van der Waals surface area contributed by atoms with Gasteiger partial charge in [0.1, 0.15) is 0 Å². The zero-order valence-electron chi connectivity index (χ0n) is 23.3. The zero-order valence-corrected chi connectivity index (χ0v) is 24.9. The van der Waals surface area contributed by atoms with Crippen LogP contribution in [0.15, 0.2) is 128 Å². The third-order valence-corrected chi connectivity index (χ3v) is 5.29. The molecule has 0 bridgehead atoms. The van der Waals surface area contributed by atoms with Gasteiger partial charge in [-0.15, -0.1) is 42.1 Å². The first kappa shape index (κ1) is 33.2. The van der Waals surface area contributed by atoms with Crippen molar-refractivity contribution in [3.05, 3.63) is 193 Å². The fraction of sp³-hybridized carbons (Fsp3) is 0.111. The summed E-state index contributed by atoms with van der Waals surface area (Å²) in [6.07, 6.45) is 1.81. The van der Waals surface area contributed by atoms with Gasteiger partial charge in [0.25, 0.3) is 0 Å². The van der Waals surface area contributed by atoms with E-state index in [4.69, 9.17) is 0 Å². The van der Waals surface area contributed by atoms with Gasteiger partial charge in [-0.05, 0) is 32.9 Å². The van der Waals surface area contributed by atoms with Gasteiger partial charge in [-0.1, -0.05) is 59.6 Å². The minimum absolute atomic E-state index is 0. The Hall–Kier alpha value is -3.85. The minimum atomic E-state index is 0. The van der Waals surface area contributed by atoms with Gasteiger partial charge >= 0.3 is 21.7 Å².